The lowest BCUT2D eigenvalue weighted by molar-refractivity contribution is -0.0144. The van der Waals surface area contributed by atoms with Crippen LogP contribution in [0.15, 0.2) is 34.3 Å². The van der Waals surface area contributed by atoms with E-state index in [2.05, 4.69) is 33.2 Å². The second-order valence-electron chi connectivity index (χ2n) is 8.25. The van der Waals surface area contributed by atoms with Crippen molar-refractivity contribution in [3.8, 4) is 5.88 Å². The van der Waals surface area contributed by atoms with Crippen molar-refractivity contribution in [3.63, 3.8) is 0 Å². The van der Waals surface area contributed by atoms with Crippen LogP contribution in [0.4, 0.5) is 5.69 Å². The van der Waals surface area contributed by atoms with Crippen molar-refractivity contribution in [1.29, 1.82) is 0 Å². The van der Waals surface area contributed by atoms with Crippen LogP contribution in [-0.2, 0) is 27.6 Å². The molecular formula is C23H34N4O4S. The van der Waals surface area contributed by atoms with E-state index in [1.165, 1.54) is 19.4 Å². The van der Waals surface area contributed by atoms with Gasteiger partial charge >= 0.3 is 0 Å². The highest BCUT2D eigenvalue weighted by Gasteiger charge is 2.31. The Balaban J connectivity index is 1.74. The lowest BCUT2D eigenvalue weighted by Gasteiger charge is -2.34. The summed E-state index contributed by atoms with van der Waals surface area (Å²) in [6.45, 7) is 10.1. The third kappa shape index (κ3) is 5.76. The number of methoxy groups -OCH3 is 1. The van der Waals surface area contributed by atoms with Gasteiger partial charge in [-0.15, -0.1) is 0 Å². The topological polar surface area (TPSA) is 93.1 Å². The van der Waals surface area contributed by atoms with E-state index in [4.69, 9.17) is 9.47 Å². The number of rotatable bonds is 9. The van der Waals surface area contributed by atoms with Crippen LogP contribution in [0.1, 0.15) is 37.9 Å². The van der Waals surface area contributed by atoms with Gasteiger partial charge < -0.3 is 14.4 Å². The van der Waals surface area contributed by atoms with Crippen molar-refractivity contribution in [2.75, 3.05) is 38.6 Å². The molecule has 176 valence electrons. The Kier molecular flexibility index (Phi) is 8.08. The minimum atomic E-state index is -3.87. The molecule has 0 spiro atoms. The molecule has 0 bridgehead atoms. The fourth-order valence-electron chi connectivity index (χ4n) is 3.92. The Bertz CT molecular complexity index is 997. The quantitative estimate of drug-likeness (QED) is 0.567. The number of nitrogens with zero attached hydrogens (tertiary/aromatic N) is 3. The molecule has 8 nitrogen and oxygen atoms in total. The summed E-state index contributed by atoms with van der Waals surface area (Å²) in [6, 6.07) is 1.84. The number of sulfonamides is 1. The van der Waals surface area contributed by atoms with Crippen LogP contribution >= 0.6 is 0 Å². The first-order chi connectivity index (χ1) is 15.3. The largest absolute Gasteiger partial charge is 0.479 e. The lowest BCUT2D eigenvalue weighted by atomic mass is 9.80. The number of aliphatic imine (C=N–C) groups is 1. The average Bonchev–Trinajstić information content (AvgIpc) is 2.90. The highest BCUT2D eigenvalue weighted by atomic mass is 32.2. The molecule has 1 aliphatic carbocycles. The fourth-order valence-corrected chi connectivity index (χ4v) is 4.97. The van der Waals surface area contributed by atoms with Crippen molar-refractivity contribution >= 4 is 21.9 Å². The highest BCUT2D eigenvalue weighted by Crippen LogP contribution is 2.35. The van der Waals surface area contributed by atoms with Gasteiger partial charge in [-0.2, -0.15) is 0 Å². The van der Waals surface area contributed by atoms with Crippen molar-refractivity contribution < 1.29 is 17.9 Å². The van der Waals surface area contributed by atoms with Gasteiger partial charge in [0.15, 0.2) is 0 Å². The van der Waals surface area contributed by atoms with Crippen molar-refractivity contribution in [2.45, 2.75) is 45.6 Å². The zero-order valence-electron chi connectivity index (χ0n) is 19.4. The second kappa shape index (κ2) is 10.6. The van der Waals surface area contributed by atoms with Crippen LogP contribution < -0.4 is 9.46 Å². The average molecular weight is 463 g/mol. The fraction of sp³-hybridized carbons (Fsp3) is 0.565. The van der Waals surface area contributed by atoms with Crippen LogP contribution in [0.25, 0.3) is 0 Å². The molecule has 1 aliphatic heterocycles. The molecule has 0 unspecified atom stereocenters. The van der Waals surface area contributed by atoms with Crippen LogP contribution in [0.3, 0.4) is 0 Å². The molecule has 2 heterocycles. The van der Waals surface area contributed by atoms with Gasteiger partial charge in [0.05, 0.1) is 13.2 Å². The molecule has 0 amide bonds. The van der Waals surface area contributed by atoms with E-state index in [0.717, 1.165) is 50.0 Å². The Hall–Kier alpha value is -2.23. The summed E-state index contributed by atoms with van der Waals surface area (Å²) in [5.74, 6) is 0.494. The van der Waals surface area contributed by atoms with E-state index >= 15 is 0 Å². The van der Waals surface area contributed by atoms with Gasteiger partial charge in [0.25, 0.3) is 10.0 Å². The third-order valence-electron chi connectivity index (χ3n) is 6.01. The molecule has 1 N–H and O–H groups in total. The van der Waals surface area contributed by atoms with Crippen molar-refractivity contribution in [3.05, 3.63) is 40.6 Å². The predicted molar refractivity (Wildman–Crippen MR) is 128 cm³/mol. The molecule has 1 fully saturated rings. The van der Waals surface area contributed by atoms with Crippen molar-refractivity contribution in [2.24, 2.45) is 10.9 Å². The monoisotopic (exact) mass is 462 g/mol. The number of anilines is 1. The lowest BCUT2D eigenvalue weighted by Crippen LogP contribution is -2.32. The number of fused-ring (bicyclic) bond motifs is 1. The van der Waals surface area contributed by atoms with Gasteiger partial charge in [-0.3, -0.25) is 9.71 Å². The molecule has 9 heteroatoms. The molecule has 0 atom stereocenters. The van der Waals surface area contributed by atoms with E-state index in [9.17, 15) is 8.42 Å². The molecule has 0 aromatic carbocycles. The molecule has 0 radical (unpaired) electrons. The van der Waals surface area contributed by atoms with Crippen molar-refractivity contribution in [1.82, 2.24) is 9.88 Å². The van der Waals surface area contributed by atoms with Crippen LogP contribution in [0.2, 0.25) is 0 Å². The summed E-state index contributed by atoms with van der Waals surface area (Å²) in [4.78, 5) is 11.2. The summed E-state index contributed by atoms with van der Waals surface area (Å²) in [7, 11) is -0.309. The molecule has 0 saturated heterocycles. The maximum absolute atomic E-state index is 13.1. The van der Waals surface area contributed by atoms with E-state index in [1.807, 2.05) is 13.0 Å². The van der Waals surface area contributed by atoms with Gasteiger partial charge in [-0.05, 0) is 51.8 Å². The molecule has 1 aromatic heterocycles. The molecule has 1 saturated carbocycles. The number of hydrogen-bond acceptors (Lipinski definition) is 7. The molecule has 3 rings (SSSR count). The van der Waals surface area contributed by atoms with Gasteiger partial charge in [0.2, 0.25) is 5.88 Å². The zero-order valence-corrected chi connectivity index (χ0v) is 20.2. The Morgan fingerprint density at radius 3 is 2.75 bits per heavy atom. The number of pyridine rings is 1. The number of hydrogen-bond donors (Lipinski definition) is 1. The van der Waals surface area contributed by atoms with E-state index < -0.39 is 10.0 Å². The summed E-state index contributed by atoms with van der Waals surface area (Å²) in [5, 5.41) is 0. The van der Waals surface area contributed by atoms with Gasteiger partial charge in [0.1, 0.15) is 10.6 Å². The van der Waals surface area contributed by atoms with Crippen LogP contribution in [-0.4, -0.2) is 64.5 Å². The Morgan fingerprint density at radius 1 is 1.38 bits per heavy atom. The maximum Gasteiger partial charge on any atom is 0.263 e. The van der Waals surface area contributed by atoms with Gasteiger partial charge in [-0.1, -0.05) is 12.7 Å². The molecular weight excluding hydrogens is 428 g/mol. The summed E-state index contributed by atoms with van der Waals surface area (Å²) >= 11 is 0. The number of ether oxygens (including phenoxy) is 2. The maximum atomic E-state index is 13.1. The smallest absolute Gasteiger partial charge is 0.263 e. The number of likely N-dealkylation sites (N-methyl/N-ethyl adjacent to an activating group) is 1. The SMILES string of the molecule is C=C(N=C/C(=C\C)S(=O)(=O)Nc1cc2c(nc1OC)CCN(C)CC2)C1CC(OCC)C1. The first-order valence-electron chi connectivity index (χ1n) is 11.1. The van der Waals surface area contributed by atoms with Gasteiger partial charge in [0, 0.05) is 49.6 Å². The first-order valence-corrected chi connectivity index (χ1v) is 12.5. The summed E-state index contributed by atoms with van der Waals surface area (Å²) in [6.07, 6.45) is 6.46. The number of allylic oxidation sites excluding steroid dienone is 3. The summed E-state index contributed by atoms with van der Waals surface area (Å²) < 4.78 is 39.8. The number of nitrogens with one attached hydrogen (secondary N) is 1. The summed E-state index contributed by atoms with van der Waals surface area (Å²) in [5.41, 5.74) is 2.99. The predicted octanol–water partition coefficient (Wildman–Crippen LogP) is 3.17. The zero-order chi connectivity index (χ0) is 23.3. The Morgan fingerprint density at radius 2 is 2.09 bits per heavy atom. The molecule has 32 heavy (non-hydrogen) atoms. The second-order valence-corrected chi connectivity index (χ2v) is 9.93. The van der Waals surface area contributed by atoms with E-state index in [-0.39, 0.29) is 22.8 Å². The third-order valence-corrected chi connectivity index (χ3v) is 7.46. The number of aromatic nitrogens is 1. The van der Waals surface area contributed by atoms with E-state index in [1.54, 1.807) is 6.92 Å². The standard InChI is InChI=1S/C23H34N4O4S/c1-6-20(15-24-16(3)18-12-19(13-18)31-7-2)32(28,29)26-22-14-17-8-10-27(4)11-9-21(17)25-23(22)30-5/h6,14-15,18-19,26H,3,7-13H2,1-2,4-5H3/b20-6+,24-15?. The Labute approximate surface area is 191 Å². The first kappa shape index (κ1) is 24.4. The van der Waals surface area contributed by atoms with Crippen LogP contribution in [0.5, 0.6) is 5.88 Å². The normalized spacial score (nSPS) is 22.2. The van der Waals surface area contributed by atoms with Crippen LogP contribution in [0, 0.1) is 5.92 Å². The van der Waals surface area contributed by atoms with E-state index in [0.29, 0.717) is 18.0 Å². The van der Waals surface area contributed by atoms with Gasteiger partial charge in [-0.25, -0.2) is 13.4 Å². The molecule has 2 aliphatic rings. The minimum absolute atomic E-state index is 0.0658. The minimum Gasteiger partial charge on any atom is -0.479 e. The molecule has 1 aromatic rings. The highest BCUT2D eigenvalue weighted by molar-refractivity contribution is 7.97.